The molecule has 1 amide bonds. The molecule has 0 bridgehead atoms. The summed E-state index contributed by atoms with van der Waals surface area (Å²) in [6.07, 6.45) is -2.86. The molecule has 0 spiro atoms. The van der Waals surface area contributed by atoms with E-state index in [1.54, 1.807) is 18.5 Å². The fraction of sp³-hybridized carbons (Fsp3) is 0.524. The van der Waals surface area contributed by atoms with Gasteiger partial charge in [-0.15, -0.1) is 0 Å². The van der Waals surface area contributed by atoms with Gasteiger partial charge in [-0.2, -0.15) is 23.3 Å². The zero-order valence-corrected chi connectivity index (χ0v) is 19.3. The van der Waals surface area contributed by atoms with Crippen LogP contribution in [-0.4, -0.2) is 21.4 Å². The number of nitrogens with zero attached hydrogens (tertiary/aromatic N) is 4. The third-order valence-corrected chi connectivity index (χ3v) is 5.42. The van der Waals surface area contributed by atoms with Crippen LogP contribution in [-0.2, 0) is 18.1 Å². The number of aryl methyl sites for hydroxylation is 1. The van der Waals surface area contributed by atoms with Gasteiger partial charge >= 0.3 is 6.18 Å². The third kappa shape index (κ3) is 6.75. The Kier molecular flexibility index (Phi) is 7.80. The topological polar surface area (TPSA) is 68.8 Å². The molecule has 1 aromatic heterocycles. The molecular weight excluding hydrogens is 429 g/mol. The van der Waals surface area contributed by atoms with Crippen LogP contribution >= 0.6 is 11.3 Å². The van der Waals surface area contributed by atoms with Crippen LogP contribution in [0, 0.1) is 0 Å². The van der Waals surface area contributed by atoms with Crippen LogP contribution in [0.5, 0.6) is 5.75 Å². The van der Waals surface area contributed by atoms with Gasteiger partial charge in [0.2, 0.25) is 4.80 Å². The van der Waals surface area contributed by atoms with Gasteiger partial charge in [-0.05, 0) is 38.5 Å². The number of rotatable bonds is 6. The predicted molar refractivity (Wildman–Crippen MR) is 114 cm³/mol. The number of unbranched alkanes of at least 4 members (excludes halogenated alkanes) is 1. The van der Waals surface area contributed by atoms with E-state index in [9.17, 15) is 18.0 Å². The summed E-state index contributed by atoms with van der Waals surface area (Å²) < 4.78 is 41.3. The Hall–Kier alpha value is -2.49. The Balaban J connectivity index is 2.60. The molecule has 1 heterocycles. The Morgan fingerprint density at radius 2 is 1.90 bits per heavy atom. The van der Waals surface area contributed by atoms with Crippen molar-refractivity contribution in [2.75, 3.05) is 0 Å². The van der Waals surface area contributed by atoms with Crippen LogP contribution in [0.4, 0.5) is 13.2 Å². The highest BCUT2D eigenvalue weighted by molar-refractivity contribution is 7.09. The minimum absolute atomic E-state index is 0.0939. The fourth-order valence-corrected chi connectivity index (χ4v) is 3.37. The molecule has 0 N–H and O–H groups in total. The van der Waals surface area contributed by atoms with Gasteiger partial charge in [0.15, 0.2) is 5.75 Å². The number of benzene rings is 1. The van der Waals surface area contributed by atoms with Gasteiger partial charge in [0.1, 0.15) is 5.01 Å². The maximum absolute atomic E-state index is 13.2. The second-order valence-electron chi connectivity index (χ2n) is 8.27. The van der Waals surface area contributed by atoms with Crippen molar-refractivity contribution in [3.8, 4) is 5.75 Å². The summed E-state index contributed by atoms with van der Waals surface area (Å²) in [4.78, 5) is 22.6. The van der Waals surface area contributed by atoms with Crippen molar-refractivity contribution in [2.24, 2.45) is 10.1 Å². The van der Waals surface area contributed by atoms with Crippen molar-refractivity contribution in [2.45, 2.75) is 72.5 Å². The second-order valence-corrected chi connectivity index (χ2v) is 9.23. The van der Waals surface area contributed by atoms with E-state index in [4.69, 9.17) is 4.84 Å². The van der Waals surface area contributed by atoms with E-state index in [2.05, 4.69) is 15.2 Å². The van der Waals surface area contributed by atoms with Gasteiger partial charge in [0, 0.05) is 12.0 Å². The number of alkyl halides is 3. The number of halogens is 3. The van der Waals surface area contributed by atoms with E-state index in [0.29, 0.717) is 17.1 Å². The molecule has 31 heavy (non-hydrogen) atoms. The van der Waals surface area contributed by atoms with Crippen molar-refractivity contribution < 1.29 is 22.8 Å². The lowest BCUT2D eigenvalue weighted by Crippen LogP contribution is -2.19. The number of hydrogen-bond donors (Lipinski definition) is 0. The fourth-order valence-electron chi connectivity index (χ4n) is 2.39. The van der Waals surface area contributed by atoms with Crippen LogP contribution in [0.3, 0.4) is 0 Å². The first kappa shape index (κ1) is 24.8. The molecule has 0 aliphatic carbocycles. The molecule has 2 aromatic rings. The molecule has 0 aliphatic rings. The first-order chi connectivity index (χ1) is 14.3. The molecular formula is C21H27F3N4O2S. The highest BCUT2D eigenvalue weighted by atomic mass is 32.1. The molecule has 0 fully saturated rings. The van der Waals surface area contributed by atoms with E-state index in [-0.39, 0.29) is 16.7 Å². The molecule has 0 aliphatic heterocycles. The lowest BCUT2D eigenvalue weighted by Gasteiger charge is -2.12. The number of aromatic nitrogens is 2. The zero-order chi connectivity index (χ0) is 23.4. The highest BCUT2D eigenvalue weighted by Crippen LogP contribution is 2.33. The van der Waals surface area contributed by atoms with E-state index < -0.39 is 17.6 Å². The van der Waals surface area contributed by atoms with E-state index >= 15 is 0 Å². The number of carbonyl (C=O) groups is 1. The van der Waals surface area contributed by atoms with Crippen molar-refractivity contribution in [1.29, 1.82) is 0 Å². The number of oxime groups is 1. The van der Waals surface area contributed by atoms with E-state index in [0.717, 1.165) is 36.0 Å². The minimum atomic E-state index is -4.61. The monoisotopic (exact) mass is 456 g/mol. The van der Waals surface area contributed by atoms with Crippen LogP contribution in [0.1, 0.15) is 75.3 Å². The SMILES string of the molecule is CCCCn1nc(C(C)(C)C)sc1=NC(=O)c1cc(C(F)(F)F)ccc1ON=C(C)C. The van der Waals surface area contributed by atoms with E-state index in [1.807, 2.05) is 27.7 Å². The van der Waals surface area contributed by atoms with Crippen LogP contribution in [0.2, 0.25) is 0 Å². The molecule has 0 saturated carbocycles. The van der Waals surface area contributed by atoms with Crippen LogP contribution in [0.15, 0.2) is 28.3 Å². The van der Waals surface area contributed by atoms with Crippen LogP contribution < -0.4 is 9.64 Å². The normalized spacial score (nSPS) is 12.7. The largest absolute Gasteiger partial charge is 0.416 e. The van der Waals surface area contributed by atoms with Gasteiger partial charge in [0.05, 0.1) is 16.8 Å². The lowest BCUT2D eigenvalue weighted by atomic mass is 9.98. The van der Waals surface area contributed by atoms with Crippen molar-refractivity contribution >= 4 is 23.0 Å². The average molecular weight is 457 g/mol. The Labute approximate surface area is 183 Å². The third-order valence-electron chi connectivity index (χ3n) is 4.05. The summed E-state index contributed by atoms with van der Waals surface area (Å²) in [6.45, 7) is 11.9. The maximum Gasteiger partial charge on any atom is 0.416 e. The molecule has 170 valence electrons. The van der Waals surface area contributed by atoms with Gasteiger partial charge in [-0.3, -0.25) is 4.79 Å². The van der Waals surface area contributed by atoms with Gasteiger partial charge in [-0.25, -0.2) is 4.68 Å². The minimum Gasteiger partial charge on any atom is -0.356 e. The summed E-state index contributed by atoms with van der Waals surface area (Å²) in [5.74, 6) is -0.942. The number of hydrogen-bond acceptors (Lipinski definition) is 5. The number of amides is 1. The Morgan fingerprint density at radius 1 is 1.23 bits per heavy atom. The Bertz CT molecular complexity index is 1030. The first-order valence-electron chi connectivity index (χ1n) is 9.90. The van der Waals surface area contributed by atoms with Crippen LogP contribution in [0.25, 0.3) is 0 Å². The van der Waals surface area contributed by atoms with Gasteiger partial charge in [0.25, 0.3) is 5.91 Å². The molecule has 2 rings (SSSR count). The van der Waals surface area contributed by atoms with Crippen molar-refractivity contribution in [3.63, 3.8) is 0 Å². The van der Waals surface area contributed by atoms with Crippen molar-refractivity contribution in [1.82, 2.24) is 9.78 Å². The lowest BCUT2D eigenvalue weighted by molar-refractivity contribution is -0.137. The maximum atomic E-state index is 13.2. The second kappa shape index (κ2) is 9.76. The summed E-state index contributed by atoms with van der Waals surface area (Å²) in [7, 11) is 0. The smallest absolute Gasteiger partial charge is 0.356 e. The zero-order valence-electron chi connectivity index (χ0n) is 18.5. The standard InChI is InChI=1S/C21H27F3N4O2S/c1-7-8-11-28-19(31-18(26-28)20(4,5)6)25-17(29)15-12-14(21(22,23)24)9-10-16(15)30-27-13(2)3/h9-10,12H,7-8,11H2,1-6H3. The number of carbonyl (C=O) groups excluding carboxylic acids is 1. The molecule has 0 saturated heterocycles. The van der Waals surface area contributed by atoms with Crippen molar-refractivity contribution in [3.05, 3.63) is 39.1 Å². The summed E-state index contributed by atoms with van der Waals surface area (Å²) in [5.41, 5.74) is -0.987. The highest BCUT2D eigenvalue weighted by Gasteiger charge is 2.32. The molecule has 1 aromatic carbocycles. The Morgan fingerprint density at radius 3 is 2.45 bits per heavy atom. The average Bonchev–Trinajstić information content (AvgIpc) is 3.06. The first-order valence-corrected chi connectivity index (χ1v) is 10.7. The summed E-state index contributed by atoms with van der Waals surface area (Å²) >= 11 is 1.25. The van der Waals surface area contributed by atoms with E-state index in [1.165, 1.54) is 11.3 Å². The predicted octanol–water partition coefficient (Wildman–Crippen LogP) is 5.58. The molecule has 0 atom stereocenters. The quantitative estimate of drug-likeness (QED) is 0.421. The molecule has 0 radical (unpaired) electrons. The molecule has 10 heteroatoms. The van der Waals surface area contributed by atoms with Gasteiger partial charge in [-0.1, -0.05) is 50.6 Å². The molecule has 0 unspecified atom stereocenters. The summed E-state index contributed by atoms with van der Waals surface area (Å²) in [6, 6.07) is 2.67. The summed E-state index contributed by atoms with van der Waals surface area (Å²) in [5, 5.41) is 9.10. The van der Waals surface area contributed by atoms with Gasteiger partial charge < -0.3 is 4.84 Å². The molecule has 6 nitrogen and oxygen atoms in total.